The third-order valence-corrected chi connectivity index (χ3v) is 4.81. The van der Waals surface area contributed by atoms with Crippen molar-refractivity contribution in [2.75, 3.05) is 0 Å². The van der Waals surface area contributed by atoms with Crippen molar-refractivity contribution in [3.8, 4) is 0 Å². The molecule has 0 amide bonds. The Kier molecular flexibility index (Phi) is 4.68. The van der Waals surface area contributed by atoms with Gasteiger partial charge >= 0.3 is 11.6 Å². The lowest BCUT2D eigenvalue weighted by molar-refractivity contribution is -0.144. The van der Waals surface area contributed by atoms with E-state index in [9.17, 15) is 9.59 Å². The largest absolute Gasteiger partial charge is 0.461 e. The maximum atomic E-state index is 12.3. The molecule has 6 nitrogen and oxygen atoms in total. The topological polar surface area (TPSA) is 74.3 Å². The molecule has 0 fully saturated rings. The number of hydrogen-bond acceptors (Lipinski definition) is 5. The Morgan fingerprint density at radius 1 is 1.15 bits per heavy atom. The molecule has 26 heavy (non-hydrogen) atoms. The summed E-state index contributed by atoms with van der Waals surface area (Å²) in [6, 6.07) is 5.16. The second-order valence-corrected chi connectivity index (χ2v) is 6.63. The van der Waals surface area contributed by atoms with Crippen LogP contribution in [0.5, 0.6) is 0 Å². The molecule has 2 heterocycles. The van der Waals surface area contributed by atoms with Crippen LogP contribution in [0.1, 0.15) is 33.6 Å². The zero-order chi connectivity index (χ0) is 19.0. The van der Waals surface area contributed by atoms with E-state index < -0.39 is 5.63 Å². The Balaban J connectivity index is 1.82. The Labute approximate surface area is 151 Å². The molecule has 0 unspecified atom stereocenters. The van der Waals surface area contributed by atoms with Crippen molar-refractivity contribution in [1.82, 2.24) is 9.78 Å². The van der Waals surface area contributed by atoms with E-state index in [4.69, 9.17) is 9.15 Å². The highest BCUT2D eigenvalue weighted by atomic mass is 16.5. The Hall–Kier alpha value is -2.89. The van der Waals surface area contributed by atoms with E-state index in [1.54, 1.807) is 4.68 Å². The zero-order valence-electron chi connectivity index (χ0n) is 15.7. The smallest absolute Gasteiger partial charge is 0.336 e. The number of rotatable bonds is 4. The molecular formula is C20H22N2O4. The molecule has 0 saturated carbocycles. The number of carbonyl (C=O) groups excluding carboxylic acids is 1. The van der Waals surface area contributed by atoms with Crippen molar-refractivity contribution >= 4 is 16.9 Å². The fraction of sp³-hybridized carbons (Fsp3) is 0.350. The molecule has 0 radical (unpaired) electrons. The van der Waals surface area contributed by atoms with Crippen LogP contribution < -0.4 is 5.63 Å². The van der Waals surface area contributed by atoms with E-state index in [0.717, 1.165) is 33.5 Å². The first-order chi connectivity index (χ1) is 12.3. The van der Waals surface area contributed by atoms with Crippen LogP contribution >= 0.6 is 0 Å². The number of hydrogen-bond donors (Lipinski definition) is 0. The molecule has 136 valence electrons. The predicted molar refractivity (Wildman–Crippen MR) is 98.1 cm³/mol. The Bertz CT molecular complexity index is 1060. The second kappa shape index (κ2) is 6.78. The highest BCUT2D eigenvalue weighted by Crippen LogP contribution is 2.22. The SMILES string of the molecule is Cc1cc2oc(=O)cc(COC(=O)Cc3c(C)nn(C)c3C)c2cc1C. The molecule has 0 aliphatic rings. The molecule has 0 spiro atoms. The molecule has 0 bridgehead atoms. The van der Waals surface area contributed by atoms with Crippen molar-refractivity contribution in [2.24, 2.45) is 7.05 Å². The van der Waals surface area contributed by atoms with E-state index in [-0.39, 0.29) is 19.0 Å². The minimum atomic E-state index is -0.453. The van der Waals surface area contributed by atoms with Gasteiger partial charge in [-0.25, -0.2) is 4.79 Å². The highest BCUT2D eigenvalue weighted by molar-refractivity contribution is 5.82. The fourth-order valence-corrected chi connectivity index (χ4v) is 3.03. The maximum absolute atomic E-state index is 12.3. The van der Waals surface area contributed by atoms with Crippen molar-refractivity contribution in [1.29, 1.82) is 0 Å². The summed E-state index contributed by atoms with van der Waals surface area (Å²) in [7, 11) is 1.84. The molecule has 0 atom stereocenters. The number of benzene rings is 1. The monoisotopic (exact) mass is 354 g/mol. The van der Waals surface area contributed by atoms with Crippen molar-refractivity contribution < 1.29 is 13.9 Å². The molecule has 3 aromatic rings. The molecule has 3 rings (SSSR count). The lowest BCUT2D eigenvalue weighted by Gasteiger charge is -2.09. The average Bonchev–Trinajstić information content (AvgIpc) is 2.80. The summed E-state index contributed by atoms with van der Waals surface area (Å²) in [4.78, 5) is 24.1. The summed E-state index contributed by atoms with van der Waals surface area (Å²) in [5, 5.41) is 5.09. The van der Waals surface area contributed by atoms with Gasteiger partial charge in [0, 0.05) is 35.3 Å². The van der Waals surface area contributed by atoms with Crippen LogP contribution in [0.15, 0.2) is 27.4 Å². The third kappa shape index (κ3) is 3.40. The van der Waals surface area contributed by atoms with Gasteiger partial charge in [0.25, 0.3) is 0 Å². The van der Waals surface area contributed by atoms with Gasteiger partial charge in [-0.3, -0.25) is 9.48 Å². The van der Waals surface area contributed by atoms with Gasteiger partial charge in [-0.05, 0) is 51.0 Å². The molecule has 1 aromatic carbocycles. The first-order valence-corrected chi connectivity index (χ1v) is 8.45. The van der Waals surface area contributed by atoms with Gasteiger partial charge in [0.15, 0.2) is 0 Å². The van der Waals surface area contributed by atoms with E-state index in [1.807, 2.05) is 46.9 Å². The number of nitrogens with zero attached hydrogens (tertiary/aromatic N) is 2. The lowest BCUT2D eigenvalue weighted by atomic mass is 10.0. The van der Waals surface area contributed by atoms with Gasteiger partial charge in [-0.15, -0.1) is 0 Å². The van der Waals surface area contributed by atoms with Crippen LogP contribution in [0.2, 0.25) is 0 Å². The first-order valence-electron chi connectivity index (χ1n) is 8.45. The number of aryl methyl sites for hydroxylation is 4. The van der Waals surface area contributed by atoms with Gasteiger partial charge in [0.2, 0.25) is 0 Å². The Morgan fingerprint density at radius 2 is 1.85 bits per heavy atom. The van der Waals surface area contributed by atoms with Crippen LogP contribution in [0.4, 0.5) is 0 Å². The predicted octanol–water partition coefficient (Wildman–Crippen LogP) is 3.05. The maximum Gasteiger partial charge on any atom is 0.336 e. The molecular weight excluding hydrogens is 332 g/mol. The summed E-state index contributed by atoms with van der Waals surface area (Å²) >= 11 is 0. The Morgan fingerprint density at radius 3 is 2.50 bits per heavy atom. The van der Waals surface area contributed by atoms with Crippen LogP contribution in [-0.4, -0.2) is 15.7 Å². The molecule has 0 saturated heterocycles. The highest BCUT2D eigenvalue weighted by Gasteiger charge is 2.15. The normalized spacial score (nSPS) is 11.1. The molecule has 6 heteroatoms. The molecule has 0 aliphatic carbocycles. The lowest BCUT2D eigenvalue weighted by Crippen LogP contribution is -2.11. The minimum absolute atomic E-state index is 0.0296. The van der Waals surface area contributed by atoms with Crippen molar-refractivity contribution in [2.45, 2.75) is 40.7 Å². The van der Waals surface area contributed by atoms with Crippen LogP contribution in [-0.2, 0) is 29.6 Å². The van der Waals surface area contributed by atoms with Crippen LogP contribution in [0.25, 0.3) is 11.0 Å². The number of aromatic nitrogens is 2. The zero-order valence-corrected chi connectivity index (χ0v) is 15.7. The number of ether oxygens (including phenoxy) is 1. The van der Waals surface area contributed by atoms with Crippen molar-refractivity contribution in [3.05, 3.63) is 62.3 Å². The second-order valence-electron chi connectivity index (χ2n) is 6.63. The number of fused-ring (bicyclic) bond motifs is 1. The van der Waals surface area contributed by atoms with Crippen LogP contribution in [0, 0.1) is 27.7 Å². The summed E-state index contributed by atoms with van der Waals surface area (Å²) in [5.74, 6) is -0.352. The minimum Gasteiger partial charge on any atom is -0.461 e. The quantitative estimate of drug-likeness (QED) is 0.532. The van der Waals surface area contributed by atoms with E-state index >= 15 is 0 Å². The van der Waals surface area contributed by atoms with Gasteiger partial charge in [0.05, 0.1) is 12.1 Å². The van der Waals surface area contributed by atoms with Gasteiger partial charge in [-0.2, -0.15) is 5.10 Å². The van der Waals surface area contributed by atoms with Gasteiger partial charge in [0.1, 0.15) is 12.2 Å². The number of esters is 1. The molecule has 0 aliphatic heterocycles. The molecule has 0 N–H and O–H groups in total. The van der Waals surface area contributed by atoms with E-state index in [1.165, 1.54) is 6.07 Å². The number of carbonyl (C=O) groups is 1. The van der Waals surface area contributed by atoms with Gasteiger partial charge < -0.3 is 9.15 Å². The summed E-state index contributed by atoms with van der Waals surface area (Å²) in [6.07, 6.45) is 0.156. The standard InChI is InChI=1S/C20H22N2O4/c1-11-6-17-15(8-20(24)26-18(17)7-12(11)2)10-25-19(23)9-16-13(3)21-22(5)14(16)4/h6-8H,9-10H2,1-5H3. The van der Waals surface area contributed by atoms with Gasteiger partial charge in [-0.1, -0.05) is 0 Å². The summed E-state index contributed by atoms with van der Waals surface area (Å²) in [6.45, 7) is 7.77. The third-order valence-electron chi connectivity index (χ3n) is 4.81. The van der Waals surface area contributed by atoms with Crippen LogP contribution in [0.3, 0.4) is 0 Å². The summed E-state index contributed by atoms with van der Waals surface area (Å²) in [5.41, 5.74) is 5.46. The average molecular weight is 354 g/mol. The summed E-state index contributed by atoms with van der Waals surface area (Å²) < 4.78 is 12.4. The first kappa shape index (κ1) is 17.9. The van der Waals surface area contributed by atoms with Crippen molar-refractivity contribution in [3.63, 3.8) is 0 Å². The van der Waals surface area contributed by atoms with E-state index in [0.29, 0.717) is 11.1 Å². The van der Waals surface area contributed by atoms with E-state index in [2.05, 4.69) is 5.10 Å². The molecule has 2 aromatic heterocycles. The fourth-order valence-electron chi connectivity index (χ4n) is 3.03.